The molecule has 0 aromatic heterocycles. The second kappa shape index (κ2) is 7.49. The number of carbonyl (C=O) groups is 1. The molecule has 0 saturated carbocycles. The first-order valence-electron chi connectivity index (χ1n) is 6.02. The van der Waals surface area contributed by atoms with Crippen LogP contribution in [0.1, 0.15) is 33.1 Å². The molecule has 1 unspecified atom stereocenters. The Morgan fingerprint density at radius 2 is 2.00 bits per heavy atom. The largest absolute Gasteiger partial charge is 0.299 e. The van der Waals surface area contributed by atoms with Crippen LogP contribution in [0.15, 0.2) is 29.2 Å². The standard InChI is InChI=1S/C14H19FOS/c1-3-4-11(2)9-13(16)10-17-14-7-5-12(15)6-8-14/h5-8,11H,3-4,9-10H2,1-2H3. The minimum Gasteiger partial charge on any atom is -0.299 e. The van der Waals surface area contributed by atoms with Crippen LogP contribution in [0.25, 0.3) is 0 Å². The van der Waals surface area contributed by atoms with Crippen molar-refractivity contribution in [2.75, 3.05) is 5.75 Å². The number of benzene rings is 1. The molecular weight excluding hydrogens is 235 g/mol. The predicted octanol–water partition coefficient (Wildman–Crippen LogP) is 4.31. The maximum Gasteiger partial charge on any atom is 0.143 e. The fourth-order valence-electron chi connectivity index (χ4n) is 1.74. The number of hydrogen-bond donors (Lipinski definition) is 0. The lowest BCUT2D eigenvalue weighted by Crippen LogP contribution is -2.07. The molecule has 0 radical (unpaired) electrons. The minimum absolute atomic E-state index is 0.239. The van der Waals surface area contributed by atoms with Crippen molar-refractivity contribution in [1.82, 2.24) is 0 Å². The minimum atomic E-state index is -0.239. The zero-order valence-corrected chi connectivity index (χ0v) is 11.2. The molecule has 0 amide bonds. The Morgan fingerprint density at radius 3 is 2.59 bits per heavy atom. The summed E-state index contributed by atoms with van der Waals surface area (Å²) in [5, 5.41) is 0. The number of Topliss-reactive ketones (excluding diaryl/α,β-unsaturated/α-hetero) is 1. The topological polar surface area (TPSA) is 17.1 Å². The molecule has 17 heavy (non-hydrogen) atoms. The summed E-state index contributed by atoms with van der Waals surface area (Å²) in [5.74, 6) is 0.999. The summed E-state index contributed by atoms with van der Waals surface area (Å²) in [4.78, 5) is 12.6. The number of thioether (sulfide) groups is 1. The van der Waals surface area contributed by atoms with Gasteiger partial charge in [-0.1, -0.05) is 26.7 Å². The Balaban J connectivity index is 2.30. The van der Waals surface area contributed by atoms with E-state index in [9.17, 15) is 9.18 Å². The quantitative estimate of drug-likeness (QED) is 0.674. The number of hydrogen-bond acceptors (Lipinski definition) is 2. The van der Waals surface area contributed by atoms with Crippen LogP contribution in [0.2, 0.25) is 0 Å². The van der Waals surface area contributed by atoms with Gasteiger partial charge in [0.15, 0.2) is 0 Å². The zero-order chi connectivity index (χ0) is 12.7. The van der Waals surface area contributed by atoms with Crippen molar-refractivity contribution < 1.29 is 9.18 Å². The average Bonchev–Trinajstić information content (AvgIpc) is 2.28. The van der Waals surface area contributed by atoms with Crippen LogP contribution >= 0.6 is 11.8 Å². The van der Waals surface area contributed by atoms with Crippen LogP contribution in [-0.2, 0) is 4.79 Å². The van der Waals surface area contributed by atoms with E-state index in [2.05, 4.69) is 13.8 Å². The number of carbonyl (C=O) groups excluding carboxylic acids is 1. The smallest absolute Gasteiger partial charge is 0.143 e. The normalized spacial score (nSPS) is 12.4. The van der Waals surface area contributed by atoms with Gasteiger partial charge in [-0.2, -0.15) is 0 Å². The molecule has 94 valence electrons. The van der Waals surface area contributed by atoms with E-state index < -0.39 is 0 Å². The summed E-state index contributed by atoms with van der Waals surface area (Å²) in [6.45, 7) is 4.25. The third kappa shape index (κ3) is 5.87. The first-order chi connectivity index (χ1) is 8.11. The summed E-state index contributed by atoms with van der Waals surface area (Å²) in [6, 6.07) is 6.27. The Bertz CT molecular complexity index is 348. The lowest BCUT2D eigenvalue weighted by molar-refractivity contribution is -0.117. The van der Waals surface area contributed by atoms with E-state index in [-0.39, 0.29) is 11.6 Å². The maximum absolute atomic E-state index is 12.7. The molecule has 0 fully saturated rings. The van der Waals surface area contributed by atoms with E-state index in [0.29, 0.717) is 18.1 Å². The number of ketones is 1. The SMILES string of the molecule is CCCC(C)CC(=O)CSc1ccc(F)cc1. The summed E-state index contributed by atoms with van der Waals surface area (Å²) < 4.78 is 12.7. The first-order valence-corrected chi connectivity index (χ1v) is 7.00. The van der Waals surface area contributed by atoms with E-state index in [1.807, 2.05) is 0 Å². The van der Waals surface area contributed by atoms with Crippen LogP contribution < -0.4 is 0 Å². The Hall–Kier alpha value is -0.830. The highest BCUT2D eigenvalue weighted by Crippen LogP contribution is 2.20. The van der Waals surface area contributed by atoms with E-state index >= 15 is 0 Å². The van der Waals surface area contributed by atoms with E-state index in [4.69, 9.17) is 0 Å². The van der Waals surface area contributed by atoms with Crippen LogP contribution in [0.5, 0.6) is 0 Å². The number of rotatable bonds is 7. The molecule has 0 heterocycles. The first kappa shape index (κ1) is 14.2. The molecule has 1 nitrogen and oxygen atoms in total. The van der Waals surface area contributed by atoms with Crippen molar-refractivity contribution in [2.45, 2.75) is 38.0 Å². The van der Waals surface area contributed by atoms with Crippen molar-refractivity contribution in [1.29, 1.82) is 0 Å². The predicted molar refractivity (Wildman–Crippen MR) is 70.8 cm³/mol. The van der Waals surface area contributed by atoms with Gasteiger partial charge >= 0.3 is 0 Å². The van der Waals surface area contributed by atoms with Crippen molar-refractivity contribution in [2.24, 2.45) is 5.92 Å². The highest BCUT2D eigenvalue weighted by Gasteiger charge is 2.08. The lowest BCUT2D eigenvalue weighted by Gasteiger charge is -2.08. The van der Waals surface area contributed by atoms with E-state index in [1.165, 1.54) is 23.9 Å². The zero-order valence-electron chi connectivity index (χ0n) is 10.4. The molecule has 0 aliphatic carbocycles. The fraction of sp³-hybridized carbons (Fsp3) is 0.500. The monoisotopic (exact) mass is 254 g/mol. The summed E-state index contributed by atoms with van der Waals surface area (Å²) in [7, 11) is 0. The van der Waals surface area contributed by atoms with Gasteiger partial charge in [0.1, 0.15) is 11.6 Å². The molecule has 0 spiro atoms. The van der Waals surface area contributed by atoms with Gasteiger partial charge in [-0.3, -0.25) is 4.79 Å². The van der Waals surface area contributed by atoms with Crippen LogP contribution in [0, 0.1) is 11.7 Å². The molecule has 1 rings (SSSR count). The third-order valence-corrected chi connectivity index (χ3v) is 3.64. The molecule has 0 saturated heterocycles. The van der Waals surface area contributed by atoms with Crippen molar-refractivity contribution >= 4 is 17.5 Å². The highest BCUT2D eigenvalue weighted by molar-refractivity contribution is 8.00. The third-order valence-electron chi connectivity index (χ3n) is 2.57. The summed E-state index contributed by atoms with van der Waals surface area (Å²) in [5.41, 5.74) is 0. The van der Waals surface area contributed by atoms with Gasteiger partial charge in [-0.25, -0.2) is 4.39 Å². The molecular formula is C14H19FOS. The van der Waals surface area contributed by atoms with E-state index in [0.717, 1.165) is 17.7 Å². The summed E-state index contributed by atoms with van der Waals surface area (Å²) in [6.07, 6.45) is 2.88. The second-order valence-electron chi connectivity index (χ2n) is 4.38. The Morgan fingerprint density at radius 1 is 1.35 bits per heavy atom. The fourth-order valence-corrected chi connectivity index (χ4v) is 2.51. The molecule has 0 aliphatic heterocycles. The van der Waals surface area contributed by atoms with E-state index in [1.54, 1.807) is 12.1 Å². The number of halogens is 1. The molecule has 0 bridgehead atoms. The van der Waals surface area contributed by atoms with Gasteiger partial charge in [-0.15, -0.1) is 11.8 Å². The van der Waals surface area contributed by atoms with Gasteiger partial charge in [0, 0.05) is 11.3 Å². The van der Waals surface area contributed by atoms with Gasteiger partial charge < -0.3 is 0 Å². The Labute approximate surface area is 107 Å². The second-order valence-corrected chi connectivity index (χ2v) is 5.43. The van der Waals surface area contributed by atoms with Gasteiger partial charge in [0.05, 0.1) is 5.75 Å². The molecule has 1 aromatic carbocycles. The van der Waals surface area contributed by atoms with Gasteiger partial charge in [-0.05, 0) is 30.2 Å². The maximum atomic E-state index is 12.7. The highest BCUT2D eigenvalue weighted by atomic mass is 32.2. The molecule has 0 aliphatic rings. The molecule has 3 heteroatoms. The van der Waals surface area contributed by atoms with Gasteiger partial charge in [0.25, 0.3) is 0 Å². The van der Waals surface area contributed by atoms with Crippen LogP contribution in [-0.4, -0.2) is 11.5 Å². The molecule has 1 atom stereocenters. The van der Waals surface area contributed by atoms with Crippen molar-refractivity contribution in [3.63, 3.8) is 0 Å². The average molecular weight is 254 g/mol. The lowest BCUT2D eigenvalue weighted by atomic mass is 10.0. The molecule has 1 aromatic rings. The molecule has 0 N–H and O–H groups in total. The van der Waals surface area contributed by atoms with Crippen molar-refractivity contribution in [3.8, 4) is 0 Å². The summed E-state index contributed by atoms with van der Waals surface area (Å²) >= 11 is 1.48. The van der Waals surface area contributed by atoms with Crippen molar-refractivity contribution in [3.05, 3.63) is 30.1 Å². The van der Waals surface area contributed by atoms with Crippen LogP contribution in [0.3, 0.4) is 0 Å². The van der Waals surface area contributed by atoms with Crippen LogP contribution in [0.4, 0.5) is 4.39 Å². The Kier molecular flexibility index (Phi) is 6.27. The van der Waals surface area contributed by atoms with Gasteiger partial charge in [0.2, 0.25) is 0 Å².